The second-order valence-corrected chi connectivity index (χ2v) is 6.14. The first-order valence-corrected chi connectivity index (χ1v) is 6.79. The molecular weight excluding hydrogens is 267 g/mol. The average Bonchev–Trinajstić information content (AvgIpc) is 2.07. The fourth-order valence-electron chi connectivity index (χ4n) is 0.998. The van der Waals surface area contributed by atoms with Crippen molar-refractivity contribution >= 4 is 17.9 Å². The molecule has 1 atom stereocenters. The Morgan fingerprint density at radius 2 is 1.89 bits per heavy atom. The van der Waals surface area contributed by atoms with Gasteiger partial charge in [0.1, 0.15) is 5.60 Å². The fourth-order valence-corrected chi connectivity index (χ4v) is 1.98. The number of amides is 1. The van der Waals surface area contributed by atoms with Crippen LogP contribution in [0.3, 0.4) is 0 Å². The molecule has 0 heterocycles. The van der Waals surface area contributed by atoms with Gasteiger partial charge in [-0.2, -0.15) is 24.9 Å². The van der Waals surface area contributed by atoms with E-state index in [1.54, 1.807) is 27.7 Å². The summed E-state index contributed by atoms with van der Waals surface area (Å²) in [6.07, 6.45) is -5.47. The van der Waals surface area contributed by atoms with Crippen LogP contribution in [0.15, 0.2) is 0 Å². The van der Waals surface area contributed by atoms with Crippen LogP contribution in [0.4, 0.5) is 18.0 Å². The van der Waals surface area contributed by atoms with Crippen LogP contribution in [-0.4, -0.2) is 35.4 Å². The van der Waals surface area contributed by atoms with Crippen molar-refractivity contribution in [3.8, 4) is 0 Å². The van der Waals surface area contributed by atoms with Crippen LogP contribution < -0.4 is 5.32 Å². The van der Waals surface area contributed by atoms with Crippen LogP contribution in [0.25, 0.3) is 0 Å². The summed E-state index contributed by atoms with van der Waals surface area (Å²) in [5.74, 6) is 0.430. The summed E-state index contributed by atoms with van der Waals surface area (Å²) in [5.41, 5.74) is -0.576. The monoisotopic (exact) mass is 287 g/mol. The number of thioether (sulfide) groups is 1. The van der Waals surface area contributed by atoms with Crippen LogP contribution in [-0.2, 0) is 4.74 Å². The summed E-state index contributed by atoms with van der Waals surface area (Å²) in [5, 5.41) is 2.57. The number of rotatable bonds is 5. The number of halogens is 3. The lowest BCUT2D eigenvalue weighted by Gasteiger charge is -2.21. The first-order valence-electron chi connectivity index (χ1n) is 5.63. The van der Waals surface area contributed by atoms with Crippen molar-refractivity contribution in [3.63, 3.8) is 0 Å². The smallest absolute Gasteiger partial charge is 0.407 e. The number of alkyl halides is 3. The molecule has 0 bridgehead atoms. The lowest BCUT2D eigenvalue weighted by atomic mass is 10.2. The predicted molar refractivity (Wildman–Crippen MR) is 66.8 cm³/mol. The van der Waals surface area contributed by atoms with Crippen LogP contribution in [0, 0.1) is 0 Å². The Labute approximate surface area is 110 Å². The van der Waals surface area contributed by atoms with Gasteiger partial charge in [0, 0.05) is 17.5 Å². The summed E-state index contributed by atoms with van der Waals surface area (Å²) < 4.78 is 40.6. The fraction of sp³-hybridized carbons (Fsp3) is 0.909. The topological polar surface area (TPSA) is 38.3 Å². The zero-order valence-corrected chi connectivity index (χ0v) is 11.9. The van der Waals surface area contributed by atoms with Gasteiger partial charge < -0.3 is 10.1 Å². The molecule has 0 aliphatic heterocycles. The summed E-state index contributed by atoms with van der Waals surface area (Å²) in [6.45, 7) is 6.96. The van der Waals surface area contributed by atoms with E-state index in [0.29, 0.717) is 5.75 Å². The van der Waals surface area contributed by atoms with Gasteiger partial charge in [0.15, 0.2) is 0 Å². The molecule has 1 amide bonds. The van der Waals surface area contributed by atoms with E-state index in [4.69, 9.17) is 4.74 Å². The molecule has 0 radical (unpaired) electrons. The lowest BCUT2D eigenvalue weighted by Crippen LogP contribution is -2.38. The van der Waals surface area contributed by atoms with E-state index in [0.717, 1.165) is 11.8 Å². The Hall–Kier alpha value is -0.590. The molecule has 0 aliphatic carbocycles. The van der Waals surface area contributed by atoms with Gasteiger partial charge in [0.05, 0.1) is 6.42 Å². The number of carbonyl (C=O) groups excluding carboxylic acids is 1. The molecule has 7 heteroatoms. The van der Waals surface area contributed by atoms with Crippen LogP contribution in [0.5, 0.6) is 0 Å². The largest absolute Gasteiger partial charge is 0.444 e. The highest BCUT2D eigenvalue weighted by molar-refractivity contribution is 7.99. The molecule has 3 nitrogen and oxygen atoms in total. The molecule has 108 valence electrons. The Kier molecular flexibility index (Phi) is 6.88. The molecule has 0 aromatic carbocycles. The summed E-state index contributed by atoms with van der Waals surface area (Å²) in [4.78, 5) is 11.3. The van der Waals surface area contributed by atoms with Crippen LogP contribution in [0.1, 0.15) is 34.1 Å². The summed E-state index contributed by atoms with van der Waals surface area (Å²) >= 11 is 1.16. The standard InChI is InChI=1S/C11H20F3NO2S/c1-8(7-18-6-5-11(12,13)14)15-9(16)17-10(2,3)4/h8H,5-7H2,1-4H3,(H,15,16). The van der Waals surface area contributed by atoms with Crippen molar-refractivity contribution in [2.24, 2.45) is 0 Å². The van der Waals surface area contributed by atoms with Gasteiger partial charge in [-0.25, -0.2) is 4.79 Å². The Bertz CT molecular complexity index is 264. The van der Waals surface area contributed by atoms with E-state index >= 15 is 0 Å². The highest BCUT2D eigenvalue weighted by Crippen LogP contribution is 2.22. The maximum absolute atomic E-state index is 11.9. The first-order chi connectivity index (χ1) is 7.99. The third kappa shape index (κ3) is 11.9. The number of ether oxygens (including phenoxy) is 1. The summed E-state index contributed by atoms with van der Waals surface area (Å²) in [6, 6.07) is -0.224. The first kappa shape index (κ1) is 17.4. The third-order valence-corrected chi connectivity index (χ3v) is 2.89. The van der Waals surface area contributed by atoms with E-state index in [2.05, 4.69) is 5.32 Å². The molecule has 0 saturated carbocycles. The van der Waals surface area contributed by atoms with Crippen LogP contribution in [0.2, 0.25) is 0 Å². The second-order valence-electron chi connectivity index (χ2n) is 4.99. The highest BCUT2D eigenvalue weighted by Gasteiger charge is 2.26. The van der Waals surface area contributed by atoms with Gasteiger partial charge in [-0.05, 0) is 27.7 Å². The summed E-state index contributed by atoms with van der Waals surface area (Å²) in [7, 11) is 0. The van der Waals surface area contributed by atoms with Gasteiger partial charge in [-0.3, -0.25) is 0 Å². The maximum Gasteiger partial charge on any atom is 0.407 e. The van der Waals surface area contributed by atoms with Crippen molar-refractivity contribution in [2.75, 3.05) is 11.5 Å². The van der Waals surface area contributed by atoms with E-state index in [9.17, 15) is 18.0 Å². The zero-order valence-electron chi connectivity index (χ0n) is 11.1. The molecule has 0 aromatic rings. The molecule has 0 rings (SSSR count). The van der Waals surface area contributed by atoms with E-state index in [1.165, 1.54) is 0 Å². The molecule has 0 aliphatic rings. The third-order valence-electron chi connectivity index (χ3n) is 1.66. The quantitative estimate of drug-likeness (QED) is 0.785. The number of nitrogens with one attached hydrogen (secondary N) is 1. The minimum absolute atomic E-state index is 0.00381. The van der Waals surface area contributed by atoms with Gasteiger partial charge >= 0.3 is 12.3 Å². The molecule has 1 N–H and O–H groups in total. The molecule has 0 spiro atoms. The Morgan fingerprint density at radius 1 is 1.33 bits per heavy atom. The number of hydrogen-bond acceptors (Lipinski definition) is 3. The number of hydrogen-bond donors (Lipinski definition) is 1. The maximum atomic E-state index is 11.9. The molecule has 0 fully saturated rings. The van der Waals surface area contributed by atoms with E-state index < -0.39 is 24.3 Å². The number of carbonyl (C=O) groups is 1. The van der Waals surface area contributed by atoms with Crippen molar-refractivity contribution in [1.29, 1.82) is 0 Å². The van der Waals surface area contributed by atoms with Crippen molar-refractivity contribution in [1.82, 2.24) is 5.32 Å². The molecule has 1 unspecified atom stereocenters. The Balaban J connectivity index is 3.72. The van der Waals surface area contributed by atoms with E-state index in [-0.39, 0.29) is 11.8 Å². The Morgan fingerprint density at radius 3 is 2.33 bits per heavy atom. The average molecular weight is 287 g/mol. The van der Waals surface area contributed by atoms with Gasteiger partial charge in [-0.15, -0.1) is 0 Å². The zero-order chi connectivity index (χ0) is 14.4. The van der Waals surface area contributed by atoms with Crippen LogP contribution >= 0.6 is 11.8 Å². The van der Waals surface area contributed by atoms with Crippen molar-refractivity contribution in [3.05, 3.63) is 0 Å². The van der Waals surface area contributed by atoms with Gasteiger partial charge in [0.2, 0.25) is 0 Å². The normalized spacial score (nSPS) is 14.2. The van der Waals surface area contributed by atoms with Gasteiger partial charge in [0.25, 0.3) is 0 Å². The van der Waals surface area contributed by atoms with Crippen molar-refractivity contribution in [2.45, 2.75) is 51.9 Å². The molecular formula is C11H20F3NO2S. The number of alkyl carbamates (subject to hydrolysis) is 1. The second kappa shape index (κ2) is 7.11. The minimum Gasteiger partial charge on any atom is -0.444 e. The molecule has 18 heavy (non-hydrogen) atoms. The lowest BCUT2D eigenvalue weighted by molar-refractivity contribution is -0.129. The minimum atomic E-state index is -4.12. The SMILES string of the molecule is CC(CSCCC(F)(F)F)NC(=O)OC(C)(C)C. The predicted octanol–water partition coefficient (Wildman–Crippen LogP) is 3.59. The molecule has 0 aromatic heterocycles. The van der Waals surface area contributed by atoms with Crippen molar-refractivity contribution < 1.29 is 22.7 Å². The molecule has 0 saturated heterocycles. The highest BCUT2D eigenvalue weighted by atomic mass is 32.2. The van der Waals surface area contributed by atoms with E-state index in [1.807, 2.05) is 0 Å². The van der Waals surface area contributed by atoms with Gasteiger partial charge in [-0.1, -0.05) is 0 Å².